The van der Waals surface area contributed by atoms with Gasteiger partial charge in [-0.1, -0.05) is 88.1 Å². The first-order chi connectivity index (χ1) is 7.45. The van der Waals surface area contributed by atoms with Crippen molar-refractivity contribution in [1.82, 2.24) is 0 Å². The molecule has 84 valence electrons. The van der Waals surface area contributed by atoms with Gasteiger partial charge in [0.1, 0.15) is 6.71 Å². The summed E-state index contributed by atoms with van der Waals surface area (Å²) in [5.74, 6) is 3.45. The van der Waals surface area contributed by atoms with Crippen molar-refractivity contribution >= 4 is 6.71 Å². The molecule has 0 amide bonds. The van der Waals surface area contributed by atoms with Crippen LogP contribution in [-0.4, -0.2) is 6.71 Å². The van der Waals surface area contributed by atoms with Crippen molar-refractivity contribution in [3.8, 4) is 0 Å². The Morgan fingerprint density at radius 1 is 0.467 bits per heavy atom. The van der Waals surface area contributed by atoms with Crippen molar-refractivity contribution in [3.05, 3.63) is 0 Å². The van der Waals surface area contributed by atoms with Gasteiger partial charge < -0.3 is 0 Å². The molecule has 0 aromatic heterocycles. The fraction of sp³-hybridized carbons (Fsp3) is 1.00. The lowest BCUT2D eigenvalue weighted by Gasteiger charge is -2.45. The van der Waals surface area contributed by atoms with Gasteiger partial charge in [-0.25, -0.2) is 0 Å². The molecule has 1 saturated carbocycles. The average Bonchev–Trinajstić information content (AvgIpc) is 2.29. The van der Waals surface area contributed by atoms with Gasteiger partial charge in [0.05, 0.1) is 0 Å². The molecule has 2 aliphatic heterocycles. The van der Waals surface area contributed by atoms with Crippen molar-refractivity contribution in [2.24, 2.45) is 0 Å². The van der Waals surface area contributed by atoms with Crippen LogP contribution in [0.2, 0.25) is 17.5 Å². The maximum atomic E-state index is 1.58. The van der Waals surface area contributed by atoms with Crippen LogP contribution in [0.15, 0.2) is 0 Å². The largest absolute Gasteiger partial charge is 0.149 e. The van der Waals surface area contributed by atoms with Gasteiger partial charge in [-0.05, 0) is 0 Å². The molecule has 2 saturated heterocycles. The Labute approximate surface area is 95.3 Å². The lowest BCUT2D eigenvalue weighted by Crippen LogP contribution is -2.39. The van der Waals surface area contributed by atoms with Crippen LogP contribution >= 0.6 is 0 Å². The first-order valence-corrected chi connectivity index (χ1v) is 7.45. The Kier molecular flexibility index (Phi) is 3.08. The van der Waals surface area contributed by atoms with E-state index in [1.54, 1.807) is 64.2 Å². The topological polar surface area (TPSA) is 0 Å². The van der Waals surface area contributed by atoms with E-state index in [1.165, 1.54) is 13.1 Å². The molecule has 0 nitrogen and oxygen atoms in total. The molecule has 0 aromatic carbocycles. The minimum Gasteiger partial charge on any atom is -0.0617 e. The van der Waals surface area contributed by atoms with E-state index in [-0.39, 0.29) is 0 Å². The van der Waals surface area contributed by atoms with E-state index in [4.69, 9.17) is 0 Å². The van der Waals surface area contributed by atoms with Crippen molar-refractivity contribution in [2.45, 2.75) is 88.1 Å². The minimum absolute atomic E-state index is 1.15. The van der Waals surface area contributed by atoms with Crippen molar-refractivity contribution in [2.75, 3.05) is 0 Å². The van der Waals surface area contributed by atoms with Gasteiger partial charge in [0.25, 0.3) is 0 Å². The predicted octanol–water partition coefficient (Wildman–Crippen LogP) is 4.92. The van der Waals surface area contributed by atoms with E-state index in [9.17, 15) is 0 Å². The van der Waals surface area contributed by atoms with E-state index < -0.39 is 0 Å². The third-order valence-corrected chi connectivity index (χ3v) is 5.58. The number of hydrogen-bond acceptors (Lipinski definition) is 0. The van der Waals surface area contributed by atoms with Gasteiger partial charge in [-0.3, -0.25) is 0 Å². The molecule has 3 aliphatic rings. The minimum atomic E-state index is 1.15. The van der Waals surface area contributed by atoms with E-state index in [0.717, 1.165) is 17.5 Å². The Hall–Kier alpha value is 0.0649. The van der Waals surface area contributed by atoms with E-state index in [2.05, 4.69) is 0 Å². The van der Waals surface area contributed by atoms with Gasteiger partial charge in [0.15, 0.2) is 0 Å². The summed E-state index contributed by atoms with van der Waals surface area (Å²) in [5, 5.41) is 0. The molecule has 3 rings (SSSR count). The van der Waals surface area contributed by atoms with Crippen molar-refractivity contribution in [3.63, 3.8) is 0 Å². The van der Waals surface area contributed by atoms with Gasteiger partial charge in [-0.2, -0.15) is 0 Å². The zero-order valence-corrected chi connectivity index (χ0v) is 10.1. The second-order valence-electron chi connectivity index (χ2n) is 6.36. The third kappa shape index (κ3) is 1.99. The van der Waals surface area contributed by atoms with Gasteiger partial charge in [-0.15, -0.1) is 0 Å². The molecule has 0 radical (unpaired) electrons. The Bertz CT molecular complexity index is 185. The molecular weight excluding hydrogens is 179 g/mol. The molecular formula is C14H25B. The van der Waals surface area contributed by atoms with Crippen molar-refractivity contribution < 1.29 is 0 Å². The zero-order valence-electron chi connectivity index (χ0n) is 10.1. The average molecular weight is 204 g/mol. The summed E-state index contributed by atoms with van der Waals surface area (Å²) in [6.07, 6.45) is 17.2. The monoisotopic (exact) mass is 204 g/mol. The molecule has 0 aromatic rings. The summed E-state index contributed by atoms with van der Waals surface area (Å²) in [4.78, 5) is 0. The fourth-order valence-electron chi connectivity index (χ4n) is 5.02. The van der Waals surface area contributed by atoms with E-state index in [0.29, 0.717) is 0 Å². The summed E-state index contributed by atoms with van der Waals surface area (Å²) < 4.78 is 0. The summed E-state index contributed by atoms with van der Waals surface area (Å²) >= 11 is 0. The van der Waals surface area contributed by atoms with Crippen LogP contribution in [0.1, 0.15) is 70.6 Å². The lowest BCUT2D eigenvalue weighted by molar-refractivity contribution is 0.410. The Morgan fingerprint density at radius 3 is 1.33 bits per heavy atom. The van der Waals surface area contributed by atoms with Crippen LogP contribution in [0.25, 0.3) is 0 Å². The van der Waals surface area contributed by atoms with Crippen LogP contribution < -0.4 is 0 Å². The van der Waals surface area contributed by atoms with Gasteiger partial charge >= 0.3 is 0 Å². The van der Waals surface area contributed by atoms with Crippen LogP contribution in [0.3, 0.4) is 0 Å². The molecule has 3 fully saturated rings. The maximum absolute atomic E-state index is 1.58. The molecule has 2 heterocycles. The number of hydrogen-bond donors (Lipinski definition) is 0. The molecule has 0 unspecified atom stereocenters. The summed E-state index contributed by atoms with van der Waals surface area (Å²) in [5.41, 5.74) is 0. The highest BCUT2D eigenvalue weighted by Crippen LogP contribution is 2.53. The first kappa shape index (κ1) is 10.2. The highest BCUT2D eigenvalue weighted by molar-refractivity contribution is 6.64. The van der Waals surface area contributed by atoms with Crippen molar-refractivity contribution in [1.29, 1.82) is 0 Å². The van der Waals surface area contributed by atoms with Gasteiger partial charge in [0, 0.05) is 0 Å². The second-order valence-corrected chi connectivity index (χ2v) is 6.36. The van der Waals surface area contributed by atoms with E-state index >= 15 is 0 Å². The smallest absolute Gasteiger partial charge is 0.0617 e. The lowest BCUT2D eigenvalue weighted by atomic mass is 9.21. The second kappa shape index (κ2) is 4.51. The molecule has 0 N–H and O–H groups in total. The first-order valence-electron chi connectivity index (χ1n) is 7.45. The summed E-state index contributed by atoms with van der Waals surface area (Å²) in [6, 6.07) is 0. The highest BCUT2D eigenvalue weighted by Gasteiger charge is 2.43. The normalized spacial score (nSPS) is 38.0. The standard InChI is InChI=1S/C14H25B/c1-2-6-12(7-3-1)15-13-8-4-9-14(15)11-5-10-13/h12-14H,1-11H2. The van der Waals surface area contributed by atoms with Crippen LogP contribution in [0.4, 0.5) is 0 Å². The molecule has 0 spiro atoms. The number of rotatable bonds is 1. The maximum Gasteiger partial charge on any atom is 0.149 e. The molecule has 15 heavy (non-hydrogen) atoms. The number of fused-ring (bicyclic) bond motifs is 2. The fourth-order valence-corrected chi connectivity index (χ4v) is 5.02. The summed E-state index contributed by atoms with van der Waals surface area (Å²) in [7, 11) is 0. The third-order valence-electron chi connectivity index (χ3n) is 5.58. The van der Waals surface area contributed by atoms with Crippen LogP contribution in [0, 0.1) is 0 Å². The predicted molar refractivity (Wildman–Crippen MR) is 67.8 cm³/mol. The molecule has 0 atom stereocenters. The SMILES string of the molecule is C1CCC(B2C3CCCC2CCC3)CC1. The molecule has 1 heteroatoms. The summed E-state index contributed by atoms with van der Waals surface area (Å²) in [6.45, 7) is 1.17. The van der Waals surface area contributed by atoms with Gasteiger partial charge in [0.2, 0.25) is 0 Å². The van der Waals surface area contributed by atoms with E-state index in [1.807, 2.05) is 0 Å². The Morgan fingerprint density at radius 2 is 0.867 bits per heavy atom. The molecule has 1 aliphatic carbocycles. The zero-order chi connectivity index (χ0) is 10.1. The van der Waals surface area contributed by atoms with Crippen LogP contribution in [0.5, 0.6) is 0 Å². The van der Waals surface area contributed by atoms with Crippen LogP contribution in [-0.2, 0) is 0 Å². The Balaban J connectivity index is 1.71. The highest BCUT2D eigenvalue weighted by atomic mass is 14.3. The quantitative estimate of drug-likeness (QED) is 0.531. The molecule has 2 bridgehead atoms.